The van der Waals surface area contributed by atoms with E-state index in [1.165, 1.54) is 9.80 Å². The Labute approximate surface area is 324 Å². The molecular formula is C42H42Cl4N2O4. The summed E-state index contributed by atoms with van der Waals surface area (Å²) in [6.45, 7) is 7.92. The lowest BCUT2D eigenvalue weighted by Crippen LogP contribution is -2.47. The van der Waals surface area contributed by atoms with Crippen LogP contribution in [0, 0.1) is 0 Å². The predicted molar refractivity (Wildman–Crippen MR) is 214 cm³/mol. The van der Waals surface area contributed by atoms with E-state index in [4.69, 9.17) is 46.4 Å². The number of hydrogen-bond acceptors (Lipinski definition) is 4. The maximum Gasteiger partial charge on any atom is 0.261 e. The minimum absolute atomic E-state index is 0.231. The number of halogens is 4. The van der Waals surface area contributed by atoms with Crippen LogP contribution in [0.1, 0.15) is 146 Å². The molecule has 5 aromatic carbocycles. The van der Waals surface area contributed by atoms with Crippen molar-refractivity contribution in [3.05, 3.63) is 66.6 Å². The van der Waals surface area contributed by atoms with Crippen molar-refractivity contribution in [2.24, 2.45) is 0 Å². The number of imide groups is 2. The molecule has 6 nitrogen and oxygen atoms in total. The Morgan fingerprint density at radius 2 is 0.750 bits per heavy atom. The van der Waals surface area contributed by atoms with E-state index in [1.54, 1.807) is 38.1 Å². The van der Waals surface area contributed by atoms with Gasteiger partial charge < -0.3 is 0 Å². The van der Waals surface area contributed by atoms with Gasteiger partial charge in [0.15, 0.2) is 0 Å². The van der Waals surface area contributed by atoms with Gasteiger partial charge in [0.25, 0.3) is 23.6 Å². The predicted octanol–water partition coefficient (Wildman–Crippen LogP) is 13.0. The lowest BCUT2D eigenvalue weighted by molar-refractivity contribution is 0.0512. The van der Waals surface area contributed by atoms with Crippen LogP contribution in [0.4, 0.5) is 0 Å². The minimum Gasteiger partial charge on any atom is -0.272 e. The van der Waals surface area contributed by atoms with Crippen molar-refractivity contribution in [2.75, 3.05) is 0 Å². The minimum atomic E-state index is -0.455. The zero-order valence-electron chi connectivity index (χ0n) is 30.0. The Kier molecular flexibility index (Phi) is 10.4. The molecule has 0 unspecified atom stereocenters. The number of nitrogens with zero attached hydrogens (tertiary/aromatic N) is 2. The van der Waals surface area contributed by atoms with Crippen LogP contribution in [0.15, 0.2) is 24.3 Å². The van der Waals surface area contributed by atoms with Gasteiger partial charge in [-0.3, -0.25) is 29.0 Å². The van der Waals surface area contributed by atoms with Crippen LogP contribution in [-0.4, -0.2) is 45.5 Å². The molecule has 0 radical (unpaired) electrons. The van der Waals surface area contributed by atoms with Crippen molar-refractivity contribution in [2.45, 2.75) is 117 Å². The maximum absolute atomic E-state index is 14.6. The van der Waals surface area contributed by atoms with Crippen LogP contribution in [0.25, 0.3) is 43.1 Å². The molecule has 2 aliphatic rings. The first-order chi connectivity index (χ1) is 24.9. The van der Waals surface area contributed by atoms with Crippen molar-refractivity contribution in [3.63, 3.8) is 0 Å². The maximum atomic E-state index is 14.6. The Morgan fingerprint density at radius 1 is 0.442 bits per heavy atom. The molecule has 0 saturated heterocycles. The summed E-state index contributed by atoms with van der Waals surface area (Å²) in [4.78, 5) is 59.5. The summed E-state index contributed by atoms with van der Waals surface area (Å²) in [6.07, 6.45) is 12.3. The van der Waals surface area contributed by atoms with Gasteiger partial charge in [-0.25, -0.2) is 0 Å². The van der Waals surface area contributed by atoms with Gasteiger partial charge in [-0.05, 0) is 51.0 Å². The second-order valence-corrected chi connectivity index (χ2v) is 16.4. The molecule has 4 amide bonds. The van der Waals surface area contributed by atoms with Crippen LogP contribution in [0.5, 0.6) is 0 Å². The van der Waals surface area contributed by atoms with Crippen molar-refractivity contribution in [1.82, 2.24) is 9.80 Å². The van der Waals surface area contributed by atoms with E-state index in [0.29, 0.717) is 54.2 Å². The third-order valence-corrected chi connectivity index (χ3v) is 12.3. The molecule has 2 heterocycles. The molecular weight excluding hydrogens is 738 g/mol. The summed E-state index contributed by atoms with van der Waals surface area (Å²) in [5.41, 5.74) is 1.22. The second kappa shape index (κ2) is 14.6. The number of unbranched alkanes of at least 4 members (excludes halogenated alkanes) is 8. The van der Waals surface area contributed by atoms with Crippen LogP contribution in [0.3, 0.4) is 0 Å². The molecule has 0 atom stereocenters. The highest BCUT2D eigenvalue weighted by molar-refractivity contribution is 6.56. The molecule has 0 aromatic heterocycles. The van der Waals surface area contributed by atoms with Gasteiger partial charge in [-0.15, -0.1) is 0 Å². The average molecular weight is 781 g/mol. The molecule has 0 bridgehead atoms. The van der Waals surface area contributed by atoms with Crippen LogP contribution >= 0.6 is 46.4 Å². The van der Waals surface area contributed by atoms with E-state index < -0.39 is 17.9 Å². The number of carbonyl (C=O) groups is 4. The third-order valence-electron chi connectivity index (χ3n) is 11.1. The van der Waals surface area contributed by atoms with Gasteiger partial charge >= 0.3 is 0 Å². The highest BCUT2D eigenvalue weighted by Crippen LogP contribution is 2.54. The van der Waals surface area contributed by atoms with Crippen molar-refractivity contribution in [3.8, 4) is 0 Å². The standard InChI is InChI=1S/C42H42Cl4N2O4/c1-5-7-9-11-13-15-22(16-14-12-10-8-6-2)48-41(51)25-19-29(45)35-33-27(43)17-23-31-24(40(50)47(21(3)4)39(23)49)18-28(44)34(37(31)33)36-30(46)20-26(42(48)52)32(25)38(35)36/h17-22H,5-16H2,1-4H3. The van der Waals surface area contributed by atoms with Crippen molar-refractivity contribution >= 4 is 113 Å². The smallest absolute Gasteiger partial charge is 0.261 e. The molecule has 10 heteroatoms. The van der Waals surface area contributed by atoms with Crippen LogP contribution in [-0.2, 0) is 0 Å². The Balaban J connectivity index is 1.45. The number of hydrogen-bond donors (Lipinski definition) is 0. The summed E-state index contributed by atoms with van der Waals surface area (Å²) in [5.74, 6) is -1.65. The van der Waals surface area contributed by atoms with E-state index >= 15 is 0 Å². The summed E-state index contributed by atoms with van der Waals surface area (Å²) >= 11 is 28.6. The fraction of sp³-hybridized carbons (Fsp3) is 0.429. The first-order valence-electron chi connectivity index (χ1n) is 18.7. The quantitative estimate of drug-likeness (QED) is 0.0487. The summed E-state index contributed by atoms with van der Waals surface area (Å²) in [6, 6.07) is 5.77. The van der Waals surface area contributed by atoms with E-state index in [1.807, 2.05) is 0 Å². The number of carbonyl (C=O) groups excluding carboxylic acids is 4. The normalized spacial score (nSPS) is 14.7. The van der Waals surface area contributed by atoms with Crippen molar-refractivity contribution in [1.29, 1.82) is 0 Å². The average Bonchev–Trinajstić information content (AvgIpc) is 3.10. The molecule has 272 valence electrons. The fourth-order valence-electron chi connectivity index (χ4n) is 8.67. The number of rotatable bonds is 14. The molecule has 5 aromatic rings. The van der Waals surface area contributed by atoms with Crippen LogP contribution < -0.4 is 0 Å². The van der Waals surface area contributed by atoms with Gasteiger partial charge in [-0.1, -0.05) is 124 Å². The van der Waals surface area contributed by atoms with Crippen molar-refractivity contribution < 1.29 is 19.2 Å². The number of fused-ring (bicyclic) bond motifs is 2. The summed E-state index contributed by atoms with van der Waals surface area (Å²) in [5, 5.41) is 4.78. The monoisotopic (exact) mass is 778 g/mol. The highest BCUT2D eigenvalue weighted by atomic mass is 35.5. The molecule has 52 heavy (non-hydrogen) atoms. The molecule has 7 rings (SSSR count). The lowest BCUT2D eigenvalue weighted by atomic mass is 9.81. The number of amides is 4. The van der Waals surface area contributed by atoms with Gasteiger partial charge in [-0.2, -0.15) is 0 Å². The topological polar surface area (TPSA) is 74.8 Å². The molecule has 0 N–H and O–H groups in total. The summed E-state index contributed by atoms with van der Waals surface area (Å²) < 4.78 is 0. The molecule has 2 aliphatic heterocycles. The third kappa shape index (κ3) is 5.75. The Bertz CT molecular complexity index is 2170. The van der Waals surface area contributed by atoms with Gasteiger partial charge in [0.05, 0.1) is 22.3 Å². The zero-order valence-corrected chi connectivity index (χ0v) is 33.0. The first-order valence-corrected chi connectivity index (χ1v) is 20.2. The Morgan fingerprint density at radius 3 is 1.06 bits per heavy atom. The first kappa shape index (κ1) is 37.2. The fourth-order valence-corrected chi connectivity index (χ4v) is 9.86. The number of benzene rings is 5. The summed E-state index contributed by atoms with van der Waals surface area (Å²) in [7, 11) is 0. The van der Waals surface area contributed by atoms with E-state index in [9.17, 15) is 19.2 Å². The van der Waals surface area contributed by atoms with E-state index in [2.05, 4.69) is 13.8 Å². The zero-order chi connectivity index (χ0) is 37.2. The molecule has 0 spiro atoms. The van der Waals surface area contributed by atoms with E-state index in [-0.39, 0.29) is 49.1 Å². The van der Waals surface area contributed by atoms with Gasteiger partial charge in [0.1, 0.15) is 0 Å². The molecule has 0 saturated carbocycles. The largest absolute Gasteiger partial charge is 0.272 e. The highest BCUT2D eigenvalue weighted by Gasteiger charge is 2.41. The Hall–Kier alpha value is -3.16. The van der Waals surface area contributed by atoms with Gasteiger partial charge in [0, 0.05) is 75.3 Å². The lowest BCUT2D eigenvalue weighted by Gasteiger charge is -2.35. The second-order valence-electron chi connectivity index (χ2n) is 14.7. The van der Waals surface area contributed by atoms with Crippen LogP contribution in [0.2, 0.25) is 20.1 Å². The van der Waals surface area contributed by atoms with Gasteiger partial charge in [0.2, 0.25) is 0 Å². The van der Waals surface area contributed by atoms with E-state index in [0.717, 1.165) is 77.0 Å². The molecule has 0 aliphatic carbocycles. The SMILES string of the molecule is CCCCCCCC(CCCCCCC)N1C(=O)c2cc(Cl)c3c4c(Cl)cc5c6c(cc(Cl)c(c7c(Cl)cc(c2c37)C1=O)c64)C(=O)N(C(C)C)C5=O. The molecule has 0 fully saturated rings.